The highest BCUT2D eigenvalue weighted by molar-refractivity contribution is 6.27. The second-order valence-electron chi connectivity index (χ2n) is 8.29. The number of benzene rings is 6. The highest BCUT2D eigenvalue weighted by atomic mass is 14.2. The summed E-state index contributed by atoms with van der Waals surface area (Å²) in [6.45, 7) is 4.32. The fraction of sp³-hybridized carbons (Fsp3) is 0.0667. The van der Waals surface area contributed by atoms with E-state index in [0.29, 0.717) is 0 Å². The number of hydrogen-bond donors (Lipinski definition) is 0. The van der Waals surface area contributed by atoms with Gasteiger partial charge in [-0.25, -0.2) is 0 Å². The molecule has 0 fully saturated rings. The molecule has 0 amide bonds. The fourth-order valence-corrected chi connectivity index (χ4v) is 4.84. The van der Waals surface area contributed by atoms with Crippen LogP contribution in [0.1, 0.15) is 11.1 Å². The van der Waals surface area contributed by atoms with Crippen molar-refractivity contribution >= 4 is 32.3 Å². The molecule has 0 bridgehead atoms. The molecule has 0 spiro atoms. The molecule has 0 aromatic heterocycles. The van der Waals surface area contributed by atoms with Gasteiger partial charge in [-0.05, 0) is 74.5 Å². The Bertz CT molecular complexity index is 1540. The van der Waals surface area contributed by atoms with Crippen molar-refractivity contribution in [3.63, 3.8) is 0 Å². The molecule has 0 N–H and O–H groups in total. The van der Waals surface area contributed by atoms with E-state index in [4.69, 9.17) is 0 Å². The first kappa shape index (κ1) is 17.2. The first-order chi connectivity index (χ1) is 14.7. The van der Waals surface area contributed by atoms with Crippen LogP contribution in [0.25, 0.3) is 54.6 Å². The van der Waals surface area contributed by atoms with Gasteiger partial charge in [0, 0.05) is 0 Å². The Morgan fingerprint density at radius 1 is 0.567 bits per heavy atom. The van der Waals surface area contributed by atoms with E-state index in [1.54, 1.807) is 0 Å². The minimum atomic E-state index is 1.18. The SMILES string of the molecule is Cc1cccc(-c2[c]c3ccc4cccc5ccc(c2-c2cccc(C)c2)c3c45)c1. The van der Waals surface area contributed by atoms with Crippen LogP contribution in [0.15, 0.2) is 91.0 Å². The zero-order valence-corrected chi connectivity index (χ0v) is 17.2. The smallest absolute Gasteiger partial charge is 0.000718 e. The maximum Gasteiger partial charge on any atom is -0.000718 e. The first-order valence-corrected chi connectivity index (χ1v) is 10.5. The summed E-state index contributed by atoms with van der Waals surface area (Å²) < 4.78 is 0. The van der Waals surface area contributed by atoms with E-state index >= 15 is 0 Å². The van der Waals surface area contributed by atoms with Crippen LogP contribution in [0.5, 0.6) is 0 Å². The van der Waals surface area contributed by atoms with E-state index in [-0.39, 0.29) is 0 Å². The molecule has 6 aromatic carbocycles. The van der Waals surface area contributed by atoms with Crippen LogP contribution >= 0.6 is 0 Å². The second kappa shape index (κ2) is 6.43. The van der Waals surface area contributed by atoms with Crippen LogP contribution in [0.3, 0.4) is 0 Å². The van der Waals surface area contributed by atoms with E-state index < -0.39 is 0 Å². The van der Waals surface area contributed by atoms with Crippen LogP contribution in [0, 0.1) is 19.9 Å². The molecule has 0 heterocycles. The van der Waals surface area contributed by atoms with Crippen LogP contribution in [-0.4, -0.2) is 0 Å². The highest BCUT2D eigenvalue weighted by Gasteiger charge is 2.17. The maximum atomic E-state index is 3.82. The van der Waals surface area contributed by atoms with Gasteiger partial charge in [-0.1, -0.05) is 102 Å². The van der Waals surface area contributed by atoms with Crippen molar-refractivity contribution in [1.29, 1.82) is 0 Å². The van der Waals surface area contributed by atoms with Crippen molar-refractivity contribution in [3.05, 3.63) is 108 Å². The van der Waals surface area contributed by atoms with Gasteiger partial charge in [-0.15, -0.1) is 0 Å². The van der Waals surface area contributed by atoms with Crippen LogP contribution < -0.4 is 0 Å². The van der Waals surface area contributed by atoms with E-state index in [1.165, 1.54) is 65.7 Å². The third-order valence-electron chi connectivity index (χ3n) is 6.17. The minimum absolute atomic E-state index is 1.18. The first-order valence-electron chi connectivity index (χ1n) is 10.5. The monoisotopic (exact) mass is 381 g/mol. The van der Waals surface area contributed by atoms with Crippen molar-refractivity contribution in [3.8, 4) is 22.3 Å². The standard InChI is InChI=1S/C30H21/c1-19-6-3-10-23(16-19)27-18-25-13-12-21-8-5-9-22-14-15-26(30(25)28(21)22)29(27)24-11-4-7-20(2)17-24/h3-17H,1-2H3. The molecule has 0 atom stereocenters. The molecule has 6 aromatic rings. The van der Waals surface area contributed by atoms with Crippen LogP contribution in [0.2, 0.25) is 0 Å². The normalized spacial score (nSPS) is 11.7. The van der Waals surface area contributed by atoms with E-state index in [0.717, 1.165) is 0 Å². The summed E-state index contributed by atoms with van der Waals surface area (Å²) in [6.07, 6.45) is 0. The second-order valence-corrected chi connectivity index (χ2v) is 8.29. The maximum absolute atomic E-state index is 3.82. The number of rotatable bonds is 2. The lowest BCUT2D eigenvalue weighted by atomic mass is 9.84. The third kappa shape index (κ3) is 2.54. The lowest BCUT2D eigenvalue weighted by Crippen LogP contribution is -1.92. The summed E-state index contributed by atoms with van der Waals surface area (Å²) in [5, 5.41) is 7.72. The van der Waals surface area contributed by atoms with Crippen molar-refractivity contribution in [2.75, 3.05) is 0 Å². The molecular weight excluding hydrogens is 360 g/mol. The Labute approximate surface area is 176 Å². The Kier molecular flexibility index (Phi) is 3.70. The van der Waals surface area contributed by atoms with Crippen LogP contribution in [-0.2, 0) is 0 Å². The molecule has 0 saturated heterocycles. The molecule has 0 unspecified atom stereocenters. The van der Waals surface area contributed by atoms with Crippen molar-refractivity contribution in [2.45, 2.75) is 13.8 Å². The molecule has 0 nitrogen and oxygen atoms in total. The molecule has 1 radical (unpaired) electrons. The van der Waals surface area contributed by atoms with Gasteiger partial charge >= 0.3 is 0 Å². The van der Waals surface area contributed by atoms with Gasteiger partial charge in [0.05, 0.1) is 0 Å². The summed E-state index contributed by atoms with van der Waals surface area (Å²) in [5.41, 5.74) is 7.46. The Balaban J connectivity index is 1.84. The van der Waals surface area contributed by atoms with Gasteiger partial charge in [0.25, 0.3) is 0 Å². The summed E-state index contributed by atoms with van der Waals surface area (Å²) in [7, 11) is 0. The summed E-state index contributed by atoms with van der Waals surface area (Å²) in [6, 6.07) is 37.0. The van der Waals surface area contributed by atoms with Crippen LogP contribution in [0.4, 0.5) is 0 Å². The van der Waals surface area contributed by atoms with Gasteiger partial charge in [0.15, 0.2) is 0 Å². The molecular formula is C30H21. The largest absolute Gasteiger partial charge is 0.0614 e. The predicted molar refractivity (Wildman–Crippen MR) is 129 cm³/mol. The lowest BCUT2D eigenvalue weighted by Gasteiger charge is -2.19. The molecule has 0 saturated carbocycles. The molecule has 0 heteroatoms. The van der Waals surface area contributed by atoms with Gasteiger partial charge in [-0.2, -0.15) is 0 Å². The average Bonchev–Trinajstić information content (AvgIpc) is 2.77. The van der Waals surface area contributed by atoms with E-state index in [1.807, 2.05) is 0 Å². The van der Waals surface area contributed by atoms with E-state index in [9.17, 15) is 0 Å². The quantitative estimate of drug-likeness (QED) is 0.264. The van der Waals surface area contributed by atoms with Crippen molar-refractivity contribution in [2.24, 2.45) is 0 Å². The Morgan fingerprint density at radius 3 is 1.93 bits per heavy atom. The summed E-state index contributed by atoms with van der Waals surface area (Å²) in [5.74, 6) is 0. The number of aryl methyl sites for hydroxylation is 2. The molecule has 0 aliphatic carbocycles. The average molecular weight is 381 g/mol. The van der Waals surface area contributed by atoms with Gasteiger partial charge < -0.3 is 0 Å². The highest BCUT2D eigenvalue weighted by Crippen LogP contribution is 2.44. The molecule has 141 valence electrons. The Hall–Kier alpha value is -3.64. The zero-order chi connectivity index (χ0) is 20.2. The topological polar surface area (TPSA) is 0 Å². The minimum Gasteiger partial charge on any atom is -0.0614 e. The third-order valence-corrected chi connectivity index (χ3v) is 6.17. The van der Waals surface area contributed by atoms with Crippen molar-refractivity contribution in [1.82, 2.24) is 0 Å². The van der Waals surface area contributed by atoms with Gasteiger partial charge in [0.1, 0.15) is 0 Å². The summed E-state index contributed by atoms with van der Waals surface area (Å²) >= 11 is 0. The molecule has 0 aliphatic heterocycles. The van der Waals surface area contributed by atoms with E-state index in [2.05, 4.69) is 111 Å². The summed E-state index contributed by atoms with van der Waals surface area (Å²) in [4.78, 5) is 0. The fourth-order valence-electron chi connectivity index (χ4n) is 4.84. The van der Waals surface area contributed by atoms with Gasteiger partial charge in [0.2, 0.25) is 0 Å². The predicted octanol–water partition coefficient (Wildman–Crippen LogP) is 8.34. The number of hydrogen-bond acceptors (Lipinski definition) is 0. The molecule has 0 aliphatic rings. The molecule has 30 heavy (non-hydrogen) atoms. The molecule has 6 rings (SSSR count). The Morgan fingerprint density at radius 2 is 1.20 bits per heavy atom. The van der Waals surface area contributed by atoms with Crippen molar-refractivity contribution < 1.29 is 0 Å². The van der Waals surface area contributed by atoms with Gasteiger partial charge in [-0.3, -0.25) is 0 Å². The zero-order valence-electron chi connectivity index (χ0n) is 17.2. The lowest BCUT2D eigenvalue weighted by molar-refractivity contribution is 1.46.